The second kappa shape index (κ2) is 6.72. The summed E-state index contributed by atoms with van der Waals surface area (Å²) in [5.41, 5.74) is 0. The van der Waals surface area contributed by atoms with Crippen molar-refractivity contribution < 1.29 is 14.3 Å². The fraction of sp³-hybridized carbons (Fsp3) is 0.417. The minimum absolute atomic E-state index is 0.104. The molecule has 5 heteroatoms. The number of benzene rings is 1. The zero-order valence-electron chi connectivity index (χ0n) is 9.70. The number of ether oxygens (including phenoxy) is 2. The zero-order chi connectivity index (χ0) is 12.8. The van der Waals surface area contributed by atoms with Crippen LogP contribution in [0.2, 0.25) is 10.0 Å². The lowest BCUT2D eigenvalue weighted by atomic mass is 10.3. The first-order valence-electron chi connectivity index (χ1n) is 5.26. The molecule has 0 bridgehead atoms. The standard InChI is InChI=1S/C12H14Cl2O3/c1-8(2)17-12(15)5-6-16-9-3-4-10(13)11(14)7-9/h3-4,7-8H,5-6H2,1-2H3. The van der Waals surface area contributed by atoms with Gasteiger partial charge in [-0.05, 0) is 26.0 Å². The summed E-state index contributed by atoms with van der Waals surface area (Å²) < 4.78 is 10.3. The fourth-order valence-corrected chi connectivity index (χ4v) is 1.43. The first kappa shape index (κ1) is 14.1. The van der Waals surface area contributed by atoms with Crippen LogP contribution < -0.4 is 4.74 Å². The molecule has 0 aliphatic heterocycles. The van der Waals surface area contributed by atoms with E-state index in [0.717, 1.165) is 0 Å². The Balaban J connectivity index is 2.36. The topological polar surface area (TPSA) is 35.5 Å². The molecule has 0 aromatic heterocycles. The molecule has 1 rings (SSSR count). The summed E-state index contributed by atoms with van der Waals surface area (Å²) in [7, 11) is 0. The maximum atomic E-state index is 11.2. The molecule has 0 spiro atoms. The predicted octanol–water partition coefficient (Wildman–Crippen LogP) is 3.71. The summed E-state index contributed by atoms with van der Waals surface area (Å²) in [6.45, 7) is 3.86. The third kappa shape index (κ3) is 5.29. The van der Waals surface area contributed by atoms with Crippen LogP contribution in [0.3, 0.4) is 0 Å². The van der Waals surface area contributed by atoms with Gasteiger partial charge in [-0.15, -0.1) is 0 Å². The third-order valence-corrected chi connectivity index (χ3v) is 2.57. The van der Waals surface area contributed by atoms with E-state index in [1.165, 1.54) is 0 Å². The number of rotatable bonds is 5. The van der Waals surface area contributed by atoms with Gasteiger partial charge in [-0.1, -0.05) is 23.2 Å². The van der Waals surface area contributed by atoms with Crippen LogP contribution in [0.15, 0.2) is 18.2 Å². The summed E-state index contributed by atoms with van der Waals surface area (Å²) in [4.78, 5) is 11.2. The van der Waals surface area contributed by atoms with Gasteiger partial charge >= 0.3 is 5.97 Å². The molecule has 3 nitrogen and oxygen atoms in total. The monoisotopic (exact) mass is 276 g/mol. The summed E-state index contributed by atoms with van der Waals surface area (Å²) in [6, 6.07) is 4.95. The lowest BCUT2D eigenvalue weighted by molar-refractivity contribution is -0.147. The Morgan fingerprint density at radius 3 is 2.59 bits per heavy atom. The minimum atomic E-state index is -0.278. The second-order valence-corrected chi connectivity index (χ2v) is 4.53. The molecule has 0 heterocycles. The molecular formula is C12H14Cl2O3. The quantitative estimate of drug-likeness (QED) is 0.769. The van der Waals surface area contributed by atoms with E-state index in [0.29, 0.717) is 15.8 Å². The lowest BCUT2D eigenvalue weighted by Crippen LogP contribution is -2.14. The van der Waals surface area contributed by atoms with E-state index >= 15 is 0 Å². The average molecular weight is 277 g/mol. The molecule has 17 heavy (non-hydrogen) atoms. The predicted molar refractivity (Wildman–Crippen MR) is 67.8 cm³/mol. The Morgan fingerprint density at radius 2 is 2.00 bits per heavy atom. The van der Waals surface area contributed by atoms with Gasteiger partial charge in [0.15, 0.2) is 0 Å². The molecule has 0 N–H and O–H groups in total. The van der Waals surface area contributed by atoms with E-state index in [-0.39, 0.29) is 25.1 Å². The summed E-state index contributed by atoms with van der Waals surface area (Å²) >= 11 is 11.6. The SMILES string of the molecule is CC(C)OC(=O)CCOc1ccc(Cl)c(Cl)c1. The summed E-state index contributed by atoms with van der Waals surface area (Å²) in [5.74, 6) is 0.303. The van der Waals surface area contributed by atoms with Gasteiger partial charge < -0.3 is 9.47 Å². The molecule has 1 aromatic carbocycles. The van der Waals surface area contributed by atoms with Gasteiger partial charge in [-0.3, -0.25) is 4.79 Å². The Bertz CT molecular complexity index is 391. The number of halogens is 2. The van der Waals surface area contributed by atoms with E-state index in [2.05, 4.69) is 0 Å². The molecular weight excluding hydrogens is 263 g/mol. The molecule has 0 saturated carbocycles. The van der Waals surface area contributed by atoms with Crippen molar-refractivity contribution in [2.45, 2.75) is 26.4 Å². The van der Waals surface area contributed by atoms with Crippen LogP contribution in [0.5, 0.6) is 5.75 Å². The first-order chi connectivity index (χ1) is 7.99. The molecule has 0 atom stereocenters. The Hall–Kier alpha value is -0.930. The van der Waals surface area contributed by atoms with Gasteiger partial charge in [0.1, 0.15) is 5.75 Å². The van der Waals surface area contributed by atoms with E-state index in [9.17, 15) is 4.79 Å². The maximum absolute atomic E-state index is 11.2. The summed E-state index contributed by atoms with van der Waals surface area (Å²) in [5, 5.41) is 0.896. The van der Waals surface area contributed by atoms with Crippen molar-refractivity contribution in [3.8, 4) is 5.75 Å². The fourth-order valence-electron chi connectivity index (χ4n) is 1.14. The van der Waals surface area contributed by atoms with Gasteiger partial charge in [-0.25, -0.2) is 0 Å². The van der Waals surface area contributed by atoms with Crippen LogP contribution in [0, 0.1) is 0 Å². The molecule has 0 fully saturated rings. The van der Waals surface area contributed by atoms with Gasteiger partial charge in [0.2, 0.25) is 0 Å². The van der Waals surface area contributed by atoms with Crippen LogP contribution in [0.4, 0.5) is 0 Å². The minimum Gasteiger partial charge on any atom is -0.493 e. The number of hydrogen-bond acceptors (Lipinski definition) is 3. The van der Waals surface area contributed by atoms with Crippen molar-refractivity contribution >= 4 is 29.2 Å². The van der Waals surface area contributed by atoms with Gasteiger partial charge in [0.05, 0.1) is 29.2 Å². The van der Waals surface area contributed by atoms with Crippen LogP contribution in [0.25, 0.3) is 0 Å². The van der Waals surface area contributed by atoms with E-state index < -0.39 is 0 Å². The van der Waals surface area contributed by atoms with Crippen LogP contribution >= 0.6 is 23.2 Å². The molecule has 0 unspecified atom stereocenters. The van der Waals surface area contributed by atoms with Crippen molar-refractivity contribution in [3.63, 3.8) is 0 Å². The molecule has 0 amide bonds. The Labute approximate surface area is 111 Å². The van der Waals surface area contributed by atoms with Crippen molar-refractivity contribution in [1.29, 1.82) is 0 Å². The Morgan fingerprint density at radius 1 is 1.29 bits per heavy atom. The Kier molecular flexibility index (Phi) is 5.59. The number of carbonyl (C=O) groups excluding carboxylic acids is 1. The normalized spacial score (nSPS) is 10.4. The maximum Gasteiger partial charge on any atom is 0.309 e. The molecule has 0 aliphatic rings. The third-order valence-electron chi connectivity index (χ3n) is 1.83. The molecule has 0 saturated heterocycles. The van der Waals surface area contributed by atoms with Crippen molar-refractivity contribution in [3.05, 3.63) is 28.2 Å². The number of hydrogen-bond donors (Lipinski definition) is 0. The smallest absolute Gasteiger partial charge is 0.309 e. The van der Waals surface area contributed by atoms with Crippen molar-refractivity contribution in [2.75, 3.05) is 6.61 Å². The second-order valence-electron chi connectivity index (χ2n) is 3.71. The highest BCUT2D eigenvalue weighted by Crippen LogP contribution is 2.26. The molecule has 0 radical (unpaired) electrons. The van der Waals surface area contributed by atoms with Crippen LogP contribution in [0.1, 0.15) is 20.3 Å². The highest BCUT2D eigenvalue weighted by Gasteiger charge is 2.06. The lowest BCUT2D eigenvalue weighted by Gasteiger charge is -2.09. The van der Waals surface area contributed by atoms with Crippen molar-refractivity contribution in [1.82, 2.24) is 0 Å². The zero-order valence-corrected chi connectivity index (χ0v) is 11.2. The first-order valence-corrected chi connectivity index (χ1v) is 6.02. The highest BCUT2D eigenvalue weighted by atomic mass is 35.5. The van der Waals surface area contributed by atoms with Crippen molar-refractivity contribution in [2.24, 2.45) is 0 Å². The molecule has 1 aromatic rings. The van der Waals surface area contributed by atoms with E-state index in [4.69, 9.17) is 32.7 Å². The van der Waals surface area contributed by atoms with Gasteiger partial charge in [0.25, 0.3) is 0 Å². The number of esters is 1. The highest BCUT2D eigenvalue weighted by molar-refractivity contribution is 6.42. The van der Waals surface area contributed by atoms with E-state index in [1.54, 1.807) is 32.0 Å². The van der Waals surface area contributed by atoms with Crippen LogP contribution in [-0.2, 0) is 9.53 Å². The van der Waals surface area contributed by atoms with Gasteiger partial charge in [-0.2, -0.15) is 0 Å². The van der Waals surface area contributed by atoms with E-state index in [1.807, 2.05) is 0 Å². The van der Waals surface area contributed by atoms with Gasteiger partial charge in [0, 0.05) is 6.07 Å². The molecule has 94 valence electrons. The average Bonchev–Trinajstić information content (AvgIpc) is 2.22. The van der Waals surface area contributed by atoms with Crippen LogP contribution in [-0.4, -0.2) is 18.7 Å². The number of carbonyl (C=O) groups is 1. The largest absolute Gasteiger partial charge is 0.493 e. The molecule has 0 aliphatic carbocycles. The summed E-state index contributed by atoms with van der Waals surface area (Å²) in [6.07, 6.45) is 0.103.